The lowest BCUT2D eigenvalue weighted by Crippen LogP contribution is -2.35. The van der Waals surface area contributed by atoms with Crippen molar-refractivity contribution < 1.29 is 13.2 Å². The normalized spacial score (nSPS) is 15.1. The van der Waals surface area contributed by atoms with Crippen LogP contribution in [0.4, 0.5) is 5.69 Å². The molecule has 0 unspecified atom stereocenters. The summed E-state index contributed by atoms with van der Waals surface area (Å²) in [7, 11) is -3.61. The minimum absolute atomic E-state index is 0.165. The van der Waals surface area contributed by atoms with Gasteiger partial charge in [-0.05, 0) is 68.1 Å². The summed E-state index contributed by atoms with van der Waals surface area (Å²) in [5.74, 6) is -0.366. The Morgan fingerprint density at radius 1 is 1.03 bits per heavy atom. The minimum Gasteiger partial charge on any atom is -0.325 e. The summed E-state index contributed by atoms with van der Waals surface area (Å²) >= 11 is 0. The van der Waals surface area contributed by atoms with Crippen LogP contribution in [0.3, 0.4) is 0 Å². The van der Waals surface area contributed by atoms with Crippen LogP contribution in [0, 0.1) is 13.8 Å². The second-order valence-electron chi connectivity index (χ2n) is 8.16. The van der Waals surface area contributed by atoms with Gasteiger partial charge in [0.15, 0.2) is 0 Å². The van der Waals surface area contributed by atoms with E-state index >= 15 is 0 Å². The first-order chi connectivity index (χ1) is 15.3. The van der Waals surface area contributed by atoms with E-state index in [-0.39, 0.29) is 17.3 Å². The molecule has 1 N–H and O–H groups in total. The number of benzene rings is 2. The number of aryl methyl sites for hydroxylation is 2. The van der Waals surface area contributed by atoms with E-state index in [1.165, 1.54) is 27.2 Å². The summed E-state index contributed by atoms with van der Waals surface area (Å²) in [4.78, 5) is 29.0. The van der Waals surface area contributed by atoms with E-state index in [1.54, 1.807) is 6.07 Å². The van der Waals surface area contributed by atoms with Crippen LogP contribution in [0.5, 0.6) is 0 Å². The molecule has 0 saturated carbocycles. The number of aromatic nitrogens is 2. The van der Waals surface area contributed by atoms with Crippen molar-refractivity contribution in [2.24, 2.45) is 0 Å². The SMILES string of the molecule is Cc1ccc(NC(=O)Cn2c(=O)ncc3cc(S(=O)(=O)N4CCCCC4)ccc32)cc1C. The number of piperidine rings is 1. The van der Waals surface area contributed by atoms with Gasteiger partial charge in [0, 0.05) is 30.4 Å². The van der Waals surface area contributed by atoms with E-state index in [9.17, 15) is 18.0 Å². The molecule has 4 rings (SSSR count). The van der Waals surface area contributed by atoms with Crippen LogP contribution in [0.1, 0.15) is 30.4 Å². The van der Waals surface area contributed by atoms with Gasteiger partial charge in [0.05, 0.1) is 10.4 Å². The summed E-state index contributed by atoms with van der Waals surface area (Å²) in [5.41, 5.74) is 2.70. The number of nitrogens with zero attached hydrogens (tertiary/aromatic N) is 3. The third-order valence-corrected chi connectivity index (χ3v) is 7.77. The average molecular weight is 455 g/mol. The van der Waals surface area contributed by atoms with Crippen LogP contribution in [0.15, 0.2) is 52.3 Å². The van der Waals surface area contributed by atoms with Crippen molar-refractivity contribution in [2.45, 2.75) is 44.6 Å². The van der Waals surface area contributed by atoms with Crippen LogP contribution >= 0.6 is 0 Å². The Hall–Kier alpha value is -3.04. The van der Waals surface area contributed by atoms with Gasteiger partial charge < -0.3 is 5.32 Å². The predicted octanol–water partition coefficient (Wildman–Crippen LogP) is 2.83. The number of carbonyl (C=O) groups is 1. The van der Waals surface area contributed by atoms with Gasteiger partial charge in [-0.3, -0.25) is 9.36 Å². The summed E-state index contributed by atoms with van der Waals surface area (Å²) < 4.78 is 28.7. The molecule has 0 atom stereocenters. The van der Waals surface area contributed by atoms with Crippen molar-refractivity contribution in [3.63, 3.8) is 0 Å². The fourth-order valence-corrected chi connectivity index (χ4v) is 5.46. The van der Waals surface area contributed by atoms with Crippen molar-refractivity contribution in [1.29, 1.82) is 0 Å². The molecular formula is C23H26N4O4S. The lowest BCUT2D eigenvalue weighted by molar-refractivity contribution is -0.116. The van der Waals surface area contributed by atoms with Gasteiger partial charge in [-0.15, -0.1) is 0 Å². The Bertz CT molecular complexity index is 1340. The van der Waals surface area contributed by atoms with Crippen LogP contribution < -0.4 is 11.0 Å². The Labute approximate surface area is 186 Å². The van der Waals surface area contributed by atoms with Gasteiger partial charge in [0.2, 0.25) is 15.9 Å². The fourth-order valence-electron chi connectivity index (χ4n) is 3.91. The molecule has 8 nitrogen and oxygen atoms in total. The van der Waals surface area contributed by atoms with Gasteiger partial charge in [-0.2, -0.15) is 4.31 Å². The van der Waals surface area contributed by atoms with E-state index in [1.807, 2.05) is 32.0 Å². The van der Waals surface area contributed by atoms with Crippen molar-refractivity contribution in [1.82, 2.24) is 13.9 Å². The highest BCUT2D eigenvalue weighted by Gasteiger charge is 2.26. The zero-order chi connectivity index (χ0) is 22.9. The number of fused-ring (bicyclic) bond motifs is 1. The molecule has 9 heteroatoms. The second-order valence-corrected chi connectivity index (χ2v) is 10.1. The first-order valence-corrected chi connectivity index (χ1v) is 12.1. The highest BCUT2D eigenvalue weighted by molar-refractivity contribution is 7.89. The number of hydrogen-bond acceptors (Lipinski definition) is 5. The van der Waals surface area contributed by atoms with Crippen molar-refractivity contribution in [2.75, 3.05) is 18.4 Å². The number of sulfonamides is 1. The zero-order valence-electron chi connectivity index (χ0n) is 18.2. The molecule has 0 spiro atoms. The molecule has 1 amide bonds. The molecular weight excluding hydrogens is 428 g/mol. The molecule has 3 aromatic rings. The van der Waals surface area contributed by atoms with Gasteiger partial charge in [-0.1, -0.05) is 12.5 Å². The molecule has 32 heavy (non-hydrogen) atoms. The summed E-state index contributed by atoms with van der Waals surface area (Å²) in [5, 5.41) is 3.29. The number of carbonyl (C=O) groups excluding carboxylic acids is 1. The lowest BCUT2D eigenvalue weighted by Gasteiger charge is -2.26. The summed E-state index contributed by atoms with van der Waals surface area (Å²) in [6.07, 6.45) is 4.09. The topological polar surface area (TPSA) is 101 Å². The molecule has 1 fully saturated rings. The molecule has 1 aromatic heterocycles. The van der Waals surface area contributed by atoms with Gasteiger partial charge in [0.1, 0.15) is 6.54 Å². The monoisotopic (exact) mass is 454 g/mol. The third-order valence-electron chi connectivity index (χ3n) is 5.88. The Morgan fingerprint density at radius 2 is 1.78 bits per heavy atom. The van der Waals surface area contributed by atoms with Crippen LogP contribution in [-0.2, 0) is 21.4 Å². The Balaban J connectivity index is 1.62. The van der Waals surface area contributed by atoms with E-state index in [0.29, 0.717) is 29.7 Å². The van der Waals surface area contributed by atoms with E-state index in [2.05, 4.69) is 10.3 Å². The summed E-state index contributed by atoms with van der Waals surface area (Å²) in [6.45, 7) is 4.74. The molecule has 168 valence electrons. The average Bonchev–Trinajstić information content (AvgIpc) is 2.78. The first kappa shape index (κ1) is 22.2. The van der Waals surface area contributed by atoms with Crippen molar-refractivity contribution in [3.05, 3.63) is 64.2 Å². The van der Waals surface area contributed by atoms with Gasteiger partial charge in [0.25, 0.3) is 0 Å². The van der Waals surface area contributed by atoms with Crippen LogP contribution in [0.25, 0.3) is 10.9 Å². The highest BCUT2D eigenvalue weighted by Crippen LogP contribution is 2.23. The first-order valence-electron chi connectivity index (χ1n) is 10.6. The third kappa shape index (κ3) is 4.44. The summed E-state index contributed by atoms with van der Waals surface area (Å²) in [6, 6.07) is 10.2. The van der Waals surface area contributed by atoms with Crippen LogP contribution in [0.2, 0.25) is 0 Å². The quantitative estimate of drug-likeness (QED) is 0.639. The van der Waals surface area contributed by atoms with E-state index in [4.69, 9.17) is 0 Å². The molecule has 2 heterocycles. The van der Waals surface area contributed by atoms with Crippen molar-refractivity contribution in [3.8, 4) is 0 Å². The molecule has 1 aliphatic heterocycles. The molecule has 0 aliphatic carbocycles. The maximum Gasteiger partial charge on any atom is 0.348 e. The lowest BCUT2D eigenvalue weighted by atomic mass is 10.1. The van der Waals surface area contributed by atoms with Crippen molar-refractivity contribution >= 4 is 32.5 Å². The molecule has 1 saturated heterocycles. The Kier molecular flexibility index (Phi) is 6.12. The zero-order valence-corrected chi connectivity index (χ0v) is 19.0. The largest absolute Gasteiger partial charge is 0.348 e. The Morgan fingerprint density at radius 3 is 2.50 bits per heavy atom. The number of hydrogen-bond donors (Lipinski definition) is 1. The number of anilines is 1. The van der Waals surface area contributed by atoms with Gasteiger partial charge in [-0.25, -0.2) is 18.2 Å². The molecule has 0 radical (unpaired) electrons. The van der Waals surface area contributed by atoms with Gasteiger partial charge >= 0.3 is 5.69 Å². The van der Waals surface area contributed by atoms with E-state index in [0.717, 1.165) is 30.4 Å². The standard InChI is InChI=1S/C23H26N4O4S/c1-16-6-7-19(12-17(16)2)25-22(28)15-27-21-9-8-20(13-18(21)14-24-23(27)29)32(30,31)26-10-4-3-5-11-26/h6-9,12-14H,3-5,10-11,15H2,1-2H3,(H,25,28). The minimum atomic E-state index is -3.61. The number of rotatable bonds is 5. The molecule has 0 bridgehead atoms. The smallest absolute Gasteiger partial charge is 0.325 e. The fraction of sp³-hybridized carbons (Fsp3) is 0.348. The number of amides is 1. The second kappa shape index (κ2) is 8.84. The molecule has 1 aliphatic rings. The van der Waals surface area contributed by atoms with E-state index < -0.39 is 15.7 Å². The predicted molar refractivity (Wildman–Crippen MR) is 123 cm³/mol. The highest BCUT2D eigenvalue weighted by atomic mass is 32.2. The molecule has 2 aromatic carbocycles. The maximum atomic E-state index is 13.0. The number of nitrogens with one attached hydrogen (secondary N) is 1. The maximum absolute atomic E-state index is 13.0. The van der Waals surface area contributed by atoms with Crippen LogP contribution in [-0.4, -0.2) is 41.3 Å².